The van der Waals surface area contributed by atoms with E-state index in [-0.39, 0.29) is 0 Å². The summed E-state index contributed by atoms with van der Waals surface area (Å²) in [5.41, 5.74) is 5.78. The summed E-state index contributed by atoms with van der Waals surface area (Å²) in [4.78, 5) is 10.4. The second-order valence-corrected chi connectivity index (χ2v) is 3.48. The highest BCUT2D eigenvalue weighted by atomic mass is 35.5. The lowest BCUT2D eigenvalue weighted by Gasteiger charge is -2.02. The lowest BCUT2D eigenvalue weighted by molar-refractivity contribution is -0.138. The molecule has 0 aromatic carbocycles. The van der Waals surface area contributed by atoms with Gasteiger partial charge in [-0.1, -0.05) is 11.6 Å². The van der Waals surface area contributed by atoms with Crippen LogP contribution in [-0.2, 0) is 4.79 Å². The highest BCUT2D eigenvalue weighted by Gasteiger charge is 2.17. The fraction of sp³-hybridized carbons (Fsp3) is 0.167. The minimum Gasteiger partial charge on any atom is -0.480 e. The molecular weight excluding hydrogens is 186 g/mol. The Morgan fingerprint density at radius 2 is 2.45 bits per heavy atom. The fourth-order valence-electron chi connectivity index (χ4n) is 0.660. The lowest BCUT2D eigenvalue weighted by atomic mass is 10.2. The molecule has 1 aromatic rings. The van der Waals surface area contributed by atoms with Gasteiger partial charge in [-0.2, -0.15) is 0 Å². The average Bonchev–Trinajstić information content (AvgIpc) is 2.33. The number of thiophene rings is 1. The first-order valence-electron chi connectivity index (χ1n) is 2.84. The van der Waals surface area contributed by atoms with Gasteiger partial charge >= 0.3 is 5.97 Å². The first-order chi connectivity index (χ1) is 5.13. The summed E-state index contributed by atoms with van der Waals surface area (Å²) in [6, 6.07) is 0.611. The number of carboxylic acids is 1. The Balaban J connectivity index is 2.92. The van der Waals surface area contributed by atoms with Gasteiger partial charge < -0.3 is 10.8 Å². The molecule has 0 spiro atoms. The Kier molecular flexibility index (Phi) is 2.49. The first kappa shape index (κ1) is 8.52. The normalized spacial score (nSPS) is 12.9. The molecular formula is C6H6ClNO2S. The van der Waals surface area contributed by atoms with Crippen molar-refractivity contribution < 1.29 is 9.90 Å². The monoisotopic (exact) mass is 191 g/mol. The van der Waals surface area contributed by atoms with Crippen LogP contribution in [0.1, 0.15) is 11.6 Å². The van der Waals surface area contributed by atoms with E-state index in [1.165, 1.54) is 11.3 Å². The van der Waals surface area contributed by atoms with Gasteiger partial charge in [-0.25, -0.2) is 0 Å². The van der Waals surface area contributed by atoms with E-state index >= 15 is 0 Å². The average molecular weight is 192 g/mol. The van der Waals surface area contributed by atoms with Crippen molar-refractivity contribution >= 4 is 28.9 Å². The standard InChI is InChI=1S/C6H6ClNO2S/c7-5-3(1-2-11-5)4(8)6(9)10/h1-2,4H,8H2,(H,9,10). The van der Waals surface area contributed by atoms with Crippen LogP contribution in [0.3, 0.4) is 0 Å². The molecule has 1 rings (SSSR count). The summed E-state index contributed by atoms with van der Waals surface area (Å²) in [7, 11) is 0. The van der Waals surface area contributed by atoms with Crippen molar-refractivity contribution in [2.45, 2.75) is 6.04 Å². The second kappa shape index (κ2) is 3.21. The molecule has 0 aliphatic heterocycles. The zero-order valence-corrected chi connectivity index (χ0v) is 7.02. The van der Waals surface area contributed by atoms with Gasteiger partial charge in [-0.15, -0.1) is 11.3 Å². The molecule has 0 radical (unpaired) electrons. The Labute approximate surface area is 72.4 Å². The molecule has 60 valence electrons. The topological polar surface area (TPSA) is 63.3 Å². The van der Waals surface area contributed by atoms with Gasteiger partial charge in [0, 0.05) is 5.56 Å². The number of nitrogens with two attached hydrogens (primary N) is 1. The second-order valence-electron chi connectivity index (χ2n) is 1.97. The van der Waals surface area contributed by atoms with Crippen LogP contribution >= 0.6 is 22.9 Å². The number of hydrogen-bond acceptors (Lipinski definition) is 3. The summed E-state index contributed by atoms with van der Waals surface area (Å²) in [6.07, 6.45) is 0. The van der Waals surface area contributed by atoms with E-state index in [1.807, 2.05) is 0 Å². The van der Waals surface area contributed by atoms with Crippen LogP contribution in [0.4, 0.5) is 0 Å². The van der Waals surface area contributed by atoms with Crippen molar-refractivity contribution in [2.75, 3.05) is 0 Å². The van der Waals surface area contributed by atoms with Gasteiger partial charge in [-0.3, -0.25) is 4.79 Å². The summed E-state index contributed by atoms with van der Waals surface area (Å²) in [6.45, 7) is 0. The van der Waals surface area contributed by atoms with Crippen molar-refractivity contribution in [2.24, 2.45) is 5.73 Å². The van der Waals surface area contributed by atoms with Crippen molar-refractivity contribution in [3.8, 4) is 0 Å². The number of halogens is 1. The van der Waals surface area contributed by atoms with E-state index in [9.17, 15) is 4.79 Å². The van der Waals surface area contributed by atoms with Crippen LogP contribution in [-0.4, -0.2) is 11.1 Å². The van der Waals surface area contributed by atoms with Crippen LogP contribution in [0.25, 0.3) is 0 Å². The molecule has 1 aromatic heterocycles. The van der Waals surface area contributed by atoms with Gasteiger partial charge in [0.05, 0.1) is 4.34 Å². The van der Waals surface area contributed by atoms with Crippen molar-refractivity contribution in [3.63, 3.8) is 0 Å². The number of carboxylic acid groups (broad SMARTS) is 1. The van der Waals surface area contributed by atoms with Crippen LogP contribution in [0.5, 0.6) is 0 Å². The third-order valence-corrected chi connectivity index (χ3v) is 2.45. The molecule has 3 nitrogen and oxygen atoms in total. The predicted molar refractivity (Wildman–Crippen MR) is 43.9 cm³/mol. The maximum atomic E-state index is 10.4. The van der Waals surface area contributed by atoms with Gasteiger partial charge in [-0.05, 0) is 11.4 Å². The molecule has 0 aliphatic rings. The lowest BCUT2D eigenvalue weighted by Crippen LogP contribution is -2.20. The van der Waals surface area contributed by atoms with Gasteiger partial charge in [0.1, 0.15) is 6.04 Å². The summed E-state index contributed by atoms with van der Waals surface area (Å²) >= 11 is 6.93. The summed E-state index contributed by atoms with van der Waals surface area (Å²) < 4.78 is 0.444. The van der Waals surface area contributed by atoms with E-state index in [2.05, 4.69) is 0 Å². The predicted octanol–water partition coefficient (Wildman–Crippen LogP) is 1.49. The van der Waals surface area contributed by atoms with E-state index < -0.39 is 12.0 Å². The Morgan fingerprint density at radius 3 is 2.82 bits per heavy atom. The fourth-order valence-corrected chi connectivity index (χ4v) is 1.66. The van der Waals surface area contributed by atoms with E-state index in [0.29, 0.717) is 9.90 Å². The SMILES string of the molecule is NC(C(=O)O)c1ccsc1Cl. The molecule has 1 unspecified atom stereocenters. The molecule has 1 heterocycles. The first-order valence-corrected chi connectivity index (χ1v) is 4.10. The van der Waals surface area contributed by atoms with Crippen molar-refractivity contribution in [1.82, 2.24) is 0 Å². The molecule has 0 bridgehead atoms. The van der Waals surface area contributed by atoms with E-state index in [1.54, 1.807) is 11.4 Å². The summed E-state index contributed by atoms with van der Waals surface area (Å²) in [5.74, 6) is -1.06. The molecule has 11 heavy (non-hydrogen) atoms. The Bertz CT molecular complexity index is 273. The molecule has 0 amide bonds. The highest BCUT2D eigenvalue weighted by Crippen LogP contribution is 2.26. The number of hydrogen-bond donors (Lipinski definition) is 2. The maximum Gasteiger partial charge on any atom is 0.325 e. The molecule has 0 aliphatic carbocycles. The number of aliphatic carboxylic acids is 1. The molecule has 1 atom stereocenters. The molecule has 0 saturated carbocycles. The van der Waals surface area contributed by atoms with Crippen LogP contribution in [0.15, 0.2) is 11.4 Å². The number of carbonyl (C=O) groups is 1. The van der Waals surface area contributed by atoms with Gasteiger partial charge in [0.2, 0.25) is 0 Å². The summed E-state index contributed by atoms with van der Waals surface area (Å²) in [5, 5.41) is 10.2. The Hall–Kier alpha value is -0.580. The van der Waals surface area contributed by atoms with Crippen LogP contribution in [0.2, 0.25) is 4.34 Å². The highest BCUT2D eigenvalue weighted by molar-refractivity contribution is 7.14. The minimum atomic E-state index is -1.06. The number of rotatable bonds is 2. The van der Waals surface area contributed by atoms with Crippen molar-refractivity contribution in [1.29, 1.82) is 0 Å². The Morgan fingerprint density at radius 1 is 1.82 bits per heavy atom. The molecule has 0 fully saturated rings. The van der Waals surface area contributed by atoms with E-state index in [4.69, 9.17) is 22.4 Å². The van der Waals surface area contributed by atoms with E-state index in [0.717, 1.165) is 0 Å². The smallest absolute Gasteiger partial charge is 0.325 e. The van der Waals surface area contributed by atoms with Crippen LogP contribution in [0, 0.1) is 0 Å². The minimum absolute atomic E-state index is 0.444. The van der Waals surface area contributed by atoms with Crippen LogP contribution < -0.4 is 5.73 Å². The third-order valence-electron chi connectivity index (χ3n) is 1.25. The molecule has 5 heteroatoms. The quantitative estimate of drug-likeness (QED) is 0.745. The molecule has 3 N–H and O–H groups in total. The third kappa shape index (κ3) is 1.71. The maximum absolute atomic E-state index is 10.4. The molecule has 0 saturated heterocycles. The zero-order valence-electron chi connectivity index (χ0n) is 5.45. The van der Waals surface area contributed by atoms with Gasteiger partial charge in [0.25, 0.3) is 0 Å². The van der Waals surface area contributed by atoms with Gasteiger partial charge in [0.15, 0.2) is 0 Å². The largest absolute Gasteiger partial charge is 0.480 e. The van der Waals surface area contributed by atoms with Crippen molar-refractivity contribution in [3.05, 3.63) is 21.3 Å². The zero-order chi connectivity index (χ0) is 8.43.